The van der Waals surface area contributed by atoms with Crippen LogP contribution in [0.5, 0.6) is 17.2 Å². The third kappa shape index (κ3) is 4.07. The summed E-state index contributed by atoms with van der Waals surface area (Å²) in [6.45, 7) is 2.77. The zero-order chi connectivity index (χ0) is 19.2. The highest BCUT2D eigenvalue weighted by Gasteiger charge is 2.13. The molecule has 0 unspecified atom stereocenters. The number of aryl methyl sites for hydroxylation is 1. The molecule has 1 N–H and O–H groups in total. The molecular formula is C20H26N4O3. The summed E-state index contributed by atoms with van der Waals surface area (Å²) in [5.74, 6) is 2.77. The molecule has 2 aromatic heterocycles. The quantitative estimate of drug-likeness (QED) is 0.619. The van der Waals surface area contributed by atoms with E-state index in [9.17, 15) is 0 Å². The van der Waals surface area contributed by atoms with Gasteiger partial charge < -0.3 is 19.5 Å². The van der Waals surface area contributed by atoms with Crippen LogP contribution in [-0.2, 0) is 13.0 Å². The Morgan fingerprint density at radius 1 is 1.04 bits per heavy atom. The molecule has 0 aliphatic carbocycles. The molecule has 0 saturated carbocycles. The Morgan fingerprint density at radius 3 is 2.41 bits per heavy atom. The molecule has 0 aliphatic heterocycles. The van der Waals surface area contributed by atoms with Crippen molar-refractivity contribution in [3.05, 3.63) is 41.7 Å². The molecular weight excluding hydrogens is 344 g/mol. The number of hydrogen-bond donors (Lipinski definition) is 1. The first-order chi connectivity index (χ1) is 13.2. The van der Waals surface area contributed by atoms with Crippen LogP contribution in [0.15, 0.2) is 30.5 Å². The first kappa shape index (κ1) is 18.8. The normalized spacial score (nSPS) is 10.8. The maximum absolute atomic E-state index is 5.43. The molecule has 1 aromatic carbocycles. The number of unbranched alkanes of at least 4 members (excludes halogenated alkanes) is 1. The van der Waals surface area contributed by atoms with Gasteiger partial charge in [-0.1, -0.05) is 13.3 Å². The molecule has 144 valence electrons. The van der Waals surface area contributed by atoms with Crippen molar-refractivity contribution in [1.82, 2.24) is 14.6 Å². The first-order valence-electron chi connectivity index (χ1n) is 9.06. The average molecular weight is 370 g/mol. The molecule has 0 radical (unpaired) electrons. The van der Waals surface area contributed by atoms with Gasteiger partial charge in [-0.05, 0) is 30.5 Å². The van der Waals surface area contributed by atoms with E-state index < -0.39 is 0 Å². The molecule has 0 bridgehead atoms. The second-order valence-electron chi connectivity index (χ2n) is 6.22. The zero-order valence-corrected chi connectivity index (χ0v) is 16.3. The summed E-state index contributed by atoms with van der Waals surface area (Å²) in [6, 6.07) is 7.86. The van der Waals surface area contributed by atoms with E-state index in [1.807, 2.05) is 22.7 Å². The fourth-order valence-electron chi connectivity index (χ4n) is 3.01. The number of fused-ring (bicyclic) bond motifs is 1. The lowest BCUT2D eigenvalue weighted by Crippen LogP contribution is -2.08. The zero-order valence-electron chi connectivity index (χ0n) is 16.3. The minimum atomic E-state index is 0.586. The number of nitrogens with one attached hydrogen (secondary N) is 1. The van der Waals surface area contributed by atoms with E-state index in [2.05, 4.69) is 28.4 Å². The number of benzene rings is 1. The largest absolute Gasteiger partial charge is 0.493 e. The van der Waals surface area contributed by atoms with Crippen LogP contribution in [0.25, 0.3) is 5.65 Å². The maximum atomic E-state index is 5.43. The van der Waals surface area contributed by atoms with Crippen molar-refractivity contribution in [3.63, 3.8) is 0 Å². The lowest BCUT2D eigenvalue weighted by atomic mass is 10.1. The molecule has 0 spiro atoms. The second kappa shape index (κ2) is 8.62. The topological polar surface area (TPSA) is 69.9 Å². The van der Waals surface area contributed by atoms with Gasteiger partial charge in [0.05, 0.1) is 27.5 Å². The minimum Gasteiger partial charge on any atom is -0.493 e. The van der Waals surface area contributed by atoms with E-state index in [-0.39, 0.29) is 0 Å². The van der Waals surface area contributed by atoms with E-state index in [0.29, 0.717) is 23.8 Å². The van der Waals surface area contributed by atoms with E-state index in [4.69, 9.17) is 14.2 Å². The monoisotopic (exact) mass is 370 g/mol. The van der Waals surface area contributed by atoms with Crippen molar-refractivity contribution in [2.24, 2.45) is 0 Å². The van der Waals surface area contributed by atoms with Crippen LogP contribution in [0.2, 0.25) is 0 Å². The van der Waals surface area contributed by atoms with Crippen molar-refractivity contribution in [3.8, 4) is 17.2 Å². The molecule has 0 aliphatic rings. The molecule has 0 atom stereocenters. The number of ether oxygens (including phenoxy) is 3. The molecule has 0 saturated heterocycles. The summed E-state index contributed by atoms with van der Waals surface area (Å²) in [7, 11) is 4.83. The van der Waals surface area contributed by atoms with Gasteiger partial charge in [-0.3, -0.25) is 0 Å². The Morgan fingerprint density at radius 2 is 1.78 bits per heavy atom. The SMILES string of the molecule is CCCCc1cc(NCc2cc(OC)c(OC)c(OC)c2)n2nccc2n1. The van der Waals surface area contributed by atoms with Crippen LogP contribution in [0.3, 0.4) is 0 Å². The van der Waals surface area contributed by atoms with Gasteiger partial charge in [-0.15, -0.1) is 0 Å². The molecule has 3 aromatic rings. The fraction of sp³-hybridized carbons (Fsp3) is 0.400. The van der Waals surface area contributed by atoms with Crippen LogP contribution < -0.4 is 19.5 Å². The molecule has 27 heavy (non-hydrogen) atoms. The fourth-order valence-corrected chi connectivity index (χ4v) is 3.01. The number of hydrogen-bond acceptors (Lipinski definition) is 6. The first-order valence-corrected chi connectivity index (χ1v) is 9.06. The van der Waals surface area contributed by atoms with Crippen molar-refractivity contribution in [2.75, 3.05) is 26.6 Å². The summed E-state index contributed by atoms with van der Waals surface area (Å²) in [5, 5.41) is 7.82. The number of aromatic nitrogens is 3. The van der Waals surface area contributed by atoms with Crippen molar-refractivity contribution < 1.29 is 14.2 Å². The van der Waals surface area contributed by atoms with Crippen molar-refractivity contribution in [2.45, 2.75) is 32.7 Å². The van der Waals surface area contributed by atoms with Crippen LogP contribution in [0.4, 0.5) is 5.82 Å². The van der Waals surface area contributed by atoms with E-state index >= 15 is 0 Å². The van der Waals surface area contributed by atoms with E-state index in [1.165, 1.54) is 0 Å². The third-order valence-electron chi connectivity index (χ3n) is 4.40. The molecule has 7 nitrogen and oxygen atoms in total. The number of nitrogens with zero attached hydrogens (tertiary/aromatic N) is 3. The predicted octanol–water partition coefficient (Wildman–Crippen LogP) is 3.71. The molecule has 0 fully saturated rings. The van der Waals surface area contributed by atoms with Crippen LogP contribution in [-0.4, -0.2) is 35.9 Å². The molecule has 2 heterocycles. The van der Waals surface area contributed by atoms with Gasteiger partial charge >= 0.3 is 0 Å². The minimum absolute atomic E-state index is 0.586. The third-order valence-corrected chi connectivity index (χ3v) is 4.40. The molecule has 3 rings (SSSR count). The summed E-state index contributed by atoms with van der Waals surface area (Å²) in [5.41, 5.74) is 2.92. The molecule has 0 amide bonds. The van der Waals surface area contributed by atoms with E-state index in [0.717, 1.165) is 42.0 Å². The number of rotatable bonds is 9. The van der Waals surface area contributed by atoms with Crippen LogP contribution in [0, 0.1) is 0 Å². The Hall–Kier alpha value is -2.96. The number of methoxy groups -OCH3 is 3. The Labute approximate surface area is 159 Å². The smallest absolute Gasteiger partial charge is 0.203 e. The van der Waals surface area contributed by atoms with Crippen molar-refractivity contribution in [1.29, 1.82) is 0 Å². The van der Waals surface area contributed by atoms with Gasteiger partial charge in [0.25, 0.3) is 0 Å². The second-order valence-corrected chi connectivity index (χ2v) is 6.22. The Kier molecular flexibility index (Phi) is 6.01. The van der Waals surface area contributed by atoms with Gasteiger partial charge in [-0.2, -0.15) is 9.61 Å². The van der Waals surface area contributed by atoms with Crippen LogP contribution >= 0.6 is 0 Å². The summed E-state index contributed by atoms with van der Waals surface area (Å²) >= 11 is 0. The van der Waals surface area contributed by atoms with Crippen molar-refractivity contribution >= 4 is 11.5 Å². The van der Waals surface area contributed by atoms with Gasteiger partial charge in [0.15, 0.2) is 17.1 Å². The van der Waals surface area contributed by atoms with Gasteiger partial charge in [0, 0.05) is 24.4 Å². The van der Waals surface area contributed by atoms with Gasteiger partial charge in [0.1, 0.15) is 5.82 Å². The lowest BCUT2D eigenvalue weighted by molar-refractivity contribution is 0.324. The predicted molar refractivity (Wildman–Crippen MR) is 105 cm³/mol. The van der Waals surface area contributed by atoms with E-state index in [1.54, 1.807) is 27.5 Å². The highest BCUT2D eigenvalue weighted by atomic mass is 16.5. The number of anilines is 1. The van der Waals surface area contributed by atoms with Gasteiger partial charge in [-0.25, -0.2) is 4.98 Å². The summed E-state index contributed by atoms with van der Waals surface area (Å²) < 4.78 is 18.1. The Balaban J connectivity index is 1.87. The lowest BCUT2D eigenvalue weighted by Gasteiger charge is -2.15. The maximum Gasteiger partial charge on any atom is 0.203 e. The average Bonchev–Trinajstić information content (AvgIpc) is 3.18. The highest BCUT2D eigenvalue weighted by molar-refractivity contribution is 5.55. The summed E-state index contributed by atoms with van der Waals surface area (Å²) in [4.78, 5) is 4.67. The summed E-state index contributed by atoms with van der Waals surface area (Å²) in [6.07, 6.45) is 4.97. The Bertz CT molecular complexity index is 882. The van der Waals surface area contributed by atoms with Gasteiger partial charge in [0.2, 0.25) is 5.75 Å². The standard InChI is InChI=1S/C20H26N4O3/c1-5-6-7-15-12-19(24-18(23-15)8-9-22-24)21-13-14-10-16(25-2)20(27-4)17(11-14)26-3/h8-12,21H,5-7,13H2,1-4H3. The van der Waals surface area contributed by atoms with Crippen LogP contribution in [0.1, 0.15) is 31.0 Å². The molecule has 7 heteroatoms. The highest BCUT2D eigenvalue weighted by Crippen LogP contribution is 2.38.